The molecule has 0 aliphatic heterocycles. The predicted octanol–water partition coefficient (Wildman–Crippen LogP) is 6.34. The monoisotopic (exact) mass is 701 g/mol. The third kappa shape index (κ3) is 9.00. The first-order chi connectivity index (χ1) is 22.6. The van der Waals surface area contributed by atoms with Gasteiger partial charge in [0.05, 0.1) is 44.7 Å². The molecule has 4 rings (SSSR count). The number of benzene rings is 4. The zero-order chi connectivity index (χ0) is 34.0. The molecule has 0 atom stereocenters. The van der Waals surface area contributed by atoms with Gasteiger partial charge in [-0.05, 0) is 78.7 Å². The molecule has 14 heteroatoms. The zero-order valence-electron chi connectivity index (χ0n) is 26.0. The lowest BCUT2D eigenvalue weighted by Crippen LogP contribution is -2.39. The summed E-state index contributed by atoms with van der Waals surface area (Å²) in [6, 6.07) is 21.0. The molecule has 1 amide bonds. The van der Waals surface area contributed by atoms with Crippen LogP contribution in [0.25, 0.3) is 0 Å². The van der Waals surface area contributed by atoms with Crippen LogP contribution in [-0.4, -0.2) is 55.0 Å². The fourth-order valence-corrected chi connectivity index (χ4v) is 6.21. The summed E-state index contributed by atoms with van der Waals surface area (Å²) >= 11 is 12.3. The van der Waals surface area contributed by atoms with Crippen LogP contribution in [0.15, 0.2) is 88.9 Å². The maximum Gasteiger partial charge on any atom is 0.265 e. The molecule has 0 fully saturated rings. The SMILES string of the molecule is CCOc1cc(/C=N\NC(=O)CN(c2cc(Cl)ccc2OC)S(=O)(=O)c2ccc(OC)c(OC)c2)ccc1OCc1cccc(Cl)c1. The second-order valence-electron chi connectivity index (χ2n) is 9.70. The number of sulfonamides is 1. The molecular weight excluding hydrogens is 669 g/mol. The Morgan fingerprint density at radius 1 is 0.809 bits per heavy atom. The molecule has 0 saturated carbocycles. The molecule has 0 aliphatic carbocycles. The van der Waals surface area contributed by atoms with Crippen molar-refractivity contribution in [1.82, 2.24) is 5.43 Å². The van der Waals surface area contributed by atoms with Crippen molar-refractivity contribution in [2.24, 2.45) is 5.10 Å². The first-order valence-electron chi connectivity index (χ1n) is 14.1. The van der Waals surface area contributed by atoms with Crippen LogP contribution in [0.5, 0.6) is 28.7 Å². The largest absolute Gasteiger partial charge is 0.495 e. The van der Waals surface area contributed by atoms with Crippen molar-refractivity contribution in [1.29, 1.82) is 0 Å². The number of methoxy groups -OCH3 is 3. The molecule has 1 N–H and O–H groups in total. The molecule has 0 unspecified atom stereocenters. The Bertz CT molecular complexity index is 1850. The number of hydrazone groups is 1. The van der Waals surface area contributed by atoms with Gasteiger partial charge in [0.15, 0.2) is 23.0 Å². The van der Waals surface area contributed by atoms with Crippen LogP contribution in [0, 0.1) is 0 Å². The number of nitrogens with zero attached hydrogens (tertiary/aromatic N) is 2. The van der Waals surface area contributed by atoms with Gasteiger partial charge in [-0.15, -0.1) is 0 Å². The number of carbonyl (C=O) groups is 1. The molecular formula is C33H33Cl2N3O8S. The van der Waals surface area contributed by atoms with Crippen molar-refractivity contribution < 1.29 is 36.9 Å². The number of carbonyl (C=O) groups excluding carboxylic acids is 1. The van der Waals surface area contributed by atoms with E-state index in [1.54, 1.807) is 30.3 Å². The Morgan fingerprint density at radius 3 is 2.21 bits per heavy atom. The van der Waals surface area contributed by atoms with Crippen LogP contribution in [0.1, 0.15) is 18.1 Å². The zero-order valence-corrected chi connectivity index (χ0v) is 28.4. The van der Waals surface area contributed by atoms with E-state index in [1.165, 1.54) is 57.9 Å². The Kier molecular flexibility index (Phi) is 12.2. The molecule has 0 saturated heterocycles. The molecule has 0 spiro atoms. The number of hydrogen-bond acceptors (Lipinski definition) is 9. The van der Waals surface area contributed by atoms with Crippen LogP contribution in [0.4, 0.5) is 5.69 Å². The van der Waals surface area contributed by atoms with Gasteiger partial charge in [0.1, 0.15) is 18.9 Å². The molecule has 0 aromatic heterocycles. The number of ether oxygens (including phenoxy) is 5. The van der Waals surface area contributed by atoms with E-state index in [1.807, 2.05) is 25.1 Å². The van der Waals surface area contributed by atoms with Crippen molar-refractivity contribution in [3.63, 3.8) is 0 Å². The van der Waals surface area contributed by atoms with E-state index in [4.69, 9.17) is 46.9 Å². The predicted molar refractivity (Wildman–Crippen MR) is 181 cm³/mol. The van der Waals surface area contributed by atoms with Gasteiger partial charge in [0.2, 0.25) is 0 Å². The lowest BCUT2D eigenvalue weighted by Gasteiger charge is -2.25. The van der Waals surface area contributed by atoms with Crippen molar-refractivity contribution in [3.05, 3.63) is 100 Å². The molecule has 0 radical (unpaired) electrons. The summed E-state index contributed by atoms with van der Waals surface area (Å²) < 4.78 is 56.5. The van der Waals surface area contributed by atoms with Gasteiger partial charge in [-0.25, -0.2) is 13.8 Å². The van der Waals surface area contributed by atoms with E-state index in [-0.39, 0.29) is 33.7 Å². The Labute approximate surface area is 283 Å². The van der Waals surface area contributed by atoms with E-state index in [9.17, 15) is 13.2 Å². The van der Waals surface area contributed by atoms with Crippen LogP contribution in [0.3, 0.4) is 0 Å². The molecule has 248 valence electrons. The number of halogens is 2. The second kappa shape index (κ2) is 16.3. The lowest BCUT2D eigenvalue weighted by atomic mass is 10.2. The van der Waals surface area contributed by atoms with Crippen molar-refractivity contribution in [2.75, 3.05) is 38.8 Å². The minimum absolute atomic E-state index is 0.0450. The molecule has 11 nitrogen and oxygen atoms in total. The maximum absolute atomic E-state index is 14.0. The number of anilines is 1. The molecule has 4 aromatic rings. The quantitative estimate of drug-likeness (QED) is 0.112. The number of hydrogen-bond donors (Lipinski definition) is 1. The minimum atomic E-state index is -4.37. The van der Waals surface area contributed by atoms with Gasteiger partial charge in [-0.2, -0.15) is 5.10 Å². The second-order valence-corrected chi connectivity index (χ2v) is 12.4. The third-order valence-electron chi connectivity index (χ3n) is 6.59. The molecule has 47 heavy (non-hydrogen) atoms. The molecule has 0 aliphatic rings. The Morgan fingerprint density at radius 2 is 1.51 bits per heavy atom. The van der Waals surface area contributed by atoms with Crippen molar-refractivity contribution >= 4 is 51.0 Å². The third-order valence-corrected chi connectivity index (χ3v) is 8.82. The summed E-state index contributed by atoms with van der Waals surface area (Å²) in [5.74, 6) is 0.950. The number of nitrogens with one attached hydrogen (secondary N) is 1. The highest BCUT2D eigenvalue weighted by Crippen LogP contribution is 2.37. The van der Waals surface area contributed by atoms with Gasteiger partial charge in [0.25, 0.3) is 15.9 Å². The van der Waals surface area contributed by atoms with E-state index < -0.39 is 22.5 Å². The number of amides is 1. The van der Waals surface area contributed by atoms with E-state index in [2.05, 4.69) is 10.5 Å². The van der Waals surface area contributed by atoms with Crippen molar-refractivity contribution in [2.45, 2.75) is 18.4 Å². The van der Waals surface area contributed by atoms with Crippen LogP contribution < -0.4 is 33.4 Å². The summed E-state index contributed by atoms with van der Waals surface area (Å²) in [7, 11) is -0.174. The van der Waals surface area contributed by atoms with Gasteiger partial charge >= 0.3 is 0 Å². The lowest BCUT2D eigenvalue weighted by molar-refractivity contribution is -0.119. The highest BCUT2D eigenvalue weighted by molar-refractivity contribution is 7.92. The molecule has 0 bridgehead atoms. The highest BCUT2D eigenvalue weighted by Gasteiger charge is 2.30. The fourth-order valence-electron chi connectivity index (χ4n) is 4.39. The van der Waals surface area contributed by atoms with E-state index in [0.717, 1.165) is 9.87 Å². The normalized spacial score (nSPS) is 11.2. The maximum atomic E-state index is 14.0. The highest BCUT2D eigenvalue weighted by atomic mass is 35.5. The molecule has 0 heterocycles. The van der Waals surface area contributed by atoms with Gasteiger partial charge in [-0.1, -0.05) is 35.3 Å². The standard InChI is InChI=1S/C33H33Cl2N3O8S/c1-5-45-32-16-22(9-12-30(32)46-21-23-7-6-8-24(34)15-23)19-36-37-33(39)20-38(27-17-25(35)10-13-28(27)42-2)47(40,41)26-11-14-29(43-3)31(18-26)44-4/h6-19H,5,20-21H2,1-4H3,(H,37,39)/b36-19-. The van der Waals surface area contributed by atoms with Crippen molar-refractivity contribution in [3.8, 4) is 28.7 Å². The van der Waals surface area contributed by atoms with Gasteiger partial charge in [-0.3, -0.25) is 9.10 Å². The Hall–Kier alpha value is -4.65. The Balaban J connectivity index is 1.55. The minimum Gasteiger partial charge on any atom is -0.495 e. The van der Waals surface area contributed by atoms with Crippen LogP contribution in [0.2, 0.25) is 10.0 Å². The molecule has 4 aromatic carbocycles. The van der Waals surface area contributed by atoms with E-state index >= 15 is 0 Å². The number of rotatable bonds is 15. The first-order valence-corrected chi connectivity index (χ1v) is 16.3. The van der Waals surface area contributed by atoms with Gasteiger partial charge in [0, 0.05) is 16.1 Å². The van der Waals surface area contributed by atoms with E-state index in [0.29, 0.717) is 34.4 Å². The van der Waals surface area contributed by atoms with Crippen LogP contribution >= 0.6 is 23.2 Å². The average molecular weight is 703 g/mol. The summed E-state index contributed by atoms with van der Waals surface area (Å²) in [6.07, 6.45) is 1.40. The summed E-state index contributed by atoms with van der Waals surface area (Å²) in [5.41, 5.74) is 3.92. The van der Waals surface area contributed by atoms with Gasteiger partial charge < -0.3 is 23.7 Å². The smallest absolute Gasteiger partial charge is 0.265 e. The summed E-state index contributed by atoms with van der Waals surface area (Å²) in [6.45, 7) is 1.86. The first kappa shape index (κ1) is 35.2. The fraction of sp³-hybridized carbons (Fsp3) is 0.212. The average Bonchev–Trinajstić information content (AvgIpc) is 3.06. The van der Waals surface area contributed by atoms with Crippen LogP contribution in [-0.2, 0) is 21.4 Å². The topological polar surface area (TPSA) is 125 Å². The summed E-state index contributed by atoms with van der Waals surface area (Å²) in [4.78, 5) is 13.0. The summed E-state index contributed by atoms with van der Waals surface area (Å²) in [5, 5.41) is 4.88.